The Morgan fingerprint density at radius 3 is 2.69 bits per heavy atom. The summed E-state index contributed by atoms with van der Waals surface area (Å²) in [6, 6.07) is 0.0510. The molecule has 13 heavy (non-hydrogen) atoms. The summed E-state index contributed by atoms with van der Waals surface area (Å²) in [5, 5.41) is 11.6. The molecule has 0 spiro atoms. The van der Waals surface area contributed by atoms with Gasteiger partial charge in [-0.25, -0.2) is 8.78 Å². The van der Waals surface area contributed by atoms with Gasteiger partial charge >= 0.3 is 0 Å². The summed E-state index contributed by atoms with van der Waals surface area (Å²) in [7, 11) is 0. The molecule has 0 aromatic heterocycles. The first kappa shape index (κ1) is 12.7. The van der Waals surface area contributed by atoms with E-state index in [0.29, 0.717) is 19.6 Å². The number of hydrogen-bond acceptors (Lipinski definition) is 3. The highest BCUT2D eigenvalue weighted by Gasteiger charge is 2.01. The van der Waals surface area contributed by atoms with E-state index in [4.69, 9.17) is 5.11 Å². The largest absolute Gasteiger partial charge is 0.395 e. The van der Waals surface area contributed by atoms with Gasteiger partial charge in [-0.1, -0.05) is 0 Å². The van der Waals surface area contributed by atoms with Crippen LogP contribution in [0.3, 0.4) is 0 Å². The van der Waals surface area contributed by atoms with Crippen molar-refractivity contribution in [3.05, 3.63) is 0 Å². The zero-order chi connectivity index (χ0) is 10.1. The molecule has 5 heteroatoms. The lowest BCUT2D eigenvalue weighted by atomic mass is 10.3. The second kappa shape index (κ2) is 8.34. The maximum absolute atomic E-state index is 11.6. The lowest BCUT2D eigenvalue weighted by Gasteiger charge is -2.10. The highest BCUT2D eigenvalue weighted by Crippen LogP contribution is 1.93. The van der Waals surface area contributed by atoms with Gasteiger partial charge in [-0.3, -0.25) is 0 Å². The van der Waals surface area contributed by atoms with Gasteiger partial charge in [0.2, 0.25) is 0 Å². The number of alkyl halides is 2. The highest BCUT2D eigenvalue weighted by molar-refractivity contribution is 4.56. The van der Waals surface area contributed by atoms with Crippen LogP contribution in [0.1, 0.15) is 13.3 Å². The Hall–Kier alpha value is -0.260. The Bertz CT molecular complexity index is 114. The van der Waals surface area contributed by atoms with Crippen LogP contribution in [0.2, 0.25) is 0 Å². The first-order valence-electron chi connectivity index (χ1n) is 4.37. The first-order valence-corrected chi connectivity index (χ1v) is 4.37. The second-order valence-corrected chi connectivity index (χ2v) is 2.86. The molecule has 0 aromatic rings. The lowest BCUT2D eigenvalue weighted by molar-refractivity contribution is 0.0166. The van der Waals surface area contributed by atoms with Crippen molar-refractivity contribution in [2.45, 2.75) is 25.8 Å². The van der Waals surface area contributed by atoms with Crippen LogP contribution in [-0.4, -0.2) is 43.9 Å². The van der Waals surface area contributed by atoms with Crippen molar-refractivity contribution in [2.24, 2.45) is 0 Å². The van der Waals surface area contributed by atoms with Crippen molar-refractivity contribution in [1.82, 2.24) is 5.32 Å². The van der Waals surface area contributed by atoms with Gasteiger partial charge in [0.1, 0.15) is 6.61 Å². The minimum atomic E-state index is -2.38. The Morgan fingerprint density at radius 1 is 1.46 bits per heavy atom. The molecule has 0 saturated heterocycles. The van der Waals surface area contributed by atoms with Crippen LogP contribution >= 0.6 is 0 Å². The molecule has 80 valence electrons. The third-order valence-electron chi connectivity index (χ3n) is 1.48. The molecule has 3 nitrogen and oxygen atoms in total. The van der Waals surface area contributed by atoms with E-state index in [9.17, 15) is 8.78 Å². The summed E-state index contributed by atoms with van der Waals surface area (Å²) in [5.41, 5.74) is 0. The van der Waals surface area contributed by atoms with Crippen molar-refractivity contribution in [1.29, 1.82) is 0 Å². The van der Waals surface area contributed by atoms with Gasteiger partial charge in [0.15, 0.2) is 0 Å². The topological polar surface area (TPSA) is 41.5 Å². The zero-order valence-electron chi connectivity index (χ0n) is 7.80. The monoisotopic (exact) mass is 197 g/mol. The van der Waals surface area contributed by atoms with E-state index in [1.54, 1.807) is 0 Å². The standard InChI is InChI=1S/C8H17F2NO2/c1-7(5-12)11-3-2-4-13-6-8(9)10/h7-8,11-12H,2-6H2,1H3. The predicted octanol–water partition coefficient (Wildman–Crippen LogP) is 0.629. The number of ether oxygens (including phenoxy) is 1. The Balaban J connectivity index is 2.99. The van der Waals surface area contributed by atoms with Crippen molar-refractivity contribution in [3.63, 3.8) is 0 Å². The predicted molar refractivity (Wildman–Crippen MR) is 46.0 cm³/mol. The summed E-state index contributed by atoms with van der Waals surface area (Å²) < 4.78 is 27.8. The van der Waals surface area contributed by atoms with Gasteiger partial charge in [-0.2, -0.15) is 0 Å². The molecule has 0 bridgehead atoms. The summed E-state index contributed by atoms with van der Waals surface area (Å²) in [6.07, 6.45) is -1.71. The molecular formula is C8H17F2NO2. The van der Waals surface area contributed by atoms with Gasteiger partial charge < -0.3 is 15.2 Å². The average Bonchev–Trinajstić information content (AvgIpc) is 2.10. The maximum Gasteiger partial charge on any atom is 0.261 e. The molecule has 2 N–H and O–H groups in total. The maximum atomic E-state index is 11.6. The van der Waals surface area contributed by atoms with Crippen LogP contribution in [0.15, 0.2) is 0 Å². The Labute approximate surface area is 77.1 Å². The molecule has 0 aliphatic carbocycles. The van der Waals surface area contributed by atoms with E-state index in [-0.39, 0.29) is 12.6 Å². The van der Waals surface area contributed by atoms with Crippen LogP contribution in [0, 0.1) is 0 Å². The van der Waals surface area contributed by atoms with E-state index in [0.717, 1.165) is 0 Å². The molecule has 0 aliphatic rings. The van der Waals surface area contributed by atoms with E-state index < -0.39 is 13.0 Å². The smallest absolute Gasteiger partial charge is 0.261 e. The van der Waals surface area contributed by atoms with Crippen LogP contribution in [-0.2, 0) is 4.74 Å². The molecule has 0 amide bonds. The third-order valence-corrected chi connectivity index (χ3v) is 1.48. The molecule has 0 saturated carbocycles. The summed E-state index contributed by atoms with van der Waals surface area (Å²) in [4.78, 5) is 0. The minimum Gasteiger partial charge on any atom is -0.395 e. The molecule has 1 unspecified atom stereocenters. The van der Waals surface area contributed by atoms with Crippen molar-refractivity contribution >= 4 is 0 Å². The third kappa shape index (κ3) is 9.66. The van der Waals surface area contributed by atoms with Gasteiger partial charge in [0.25, 0.3) is 6.43 Å². The molecule has 0 aliphatic heterocycles. The fourth-order valence-corrected chi connectivity index (χ4v) is 0.760. The van der Waals surface area contributed by atoms with Gasteiger partial charge in [0, 0.05) is 12.6 Å². The number of aliphatic hydroxyl groups excluding tert-OH is 1. The molecule has 0 radical (unpaired) electrons. The van der Waals surface area contributed by atoms with Crippen molar-refractivity contribution in [3.8, 4) is 0 Å². The molecular weight excluding hydrogens is 180 g/mol. The van der Waals surface area contributed by atoms with Gasteiger partial charge in [-0.15, -0.1) is 0 Å². The summed E-state index contributed by atoms with van der Waals surface area (Å²) in [5.74, 6) is 0. The number of halogens is 2. The number of nitrogens with one attached hydrogen (secondary N) is 1. The summed E-state index contributed by atoms with van der Waals surface area (Å²) in [6.45, 7) is 2.44. The van der Waals surface area contributed by atoms with E-state index >= 15 is 0 Å². The molecule has 0 aromatic carbocycles. The Kier molecular flexibility index (Phi) is 8.18. The fraction of sp³-hybridized carbons (Fsp3) is 1.00. The van der Waals surface area contributed by atoms with Crippen LogP contribution in [0.5, 0.6) is 0 Å². The number of hydrogen-bond donors (Lipinski definition) is 2. The molecule has 0 heterocycles. The zero-order valence-corrected chi connectivity index (χ0v) is 7.80. The Morgan fingerprint density at radius 2 is 2.15 bits per heavy atom. The van der Waals surface area contributed by atoms with Crippen molar-refractivity contribution in [2.75, 3.05) is 26.4 Å². The number of aliphatic hydroxyl groups is 1. The van der Waals surface area contributed by atoms with Crippen LogP contribution in [0.25, 0.3) is 0 Å². The lowest BCUT2D eigenvalue weighted by Crippen LogP contribution is -2.30. The van der Waals surface area contributed by atoms with Gasteiger partial charge in [-0.05, 0) is 19.9 Å². The van der Waals surface area contributed by atoms with Crippen LogP contribution < -0.4 is 5.32 Å². The molecule has 0 fully saturated rings. The first-order chi connectivity index (χ1) is 6.16. The quantitative estimate of drug-likeness (QED) is 0.561. The number of rotatable bonds is 8. The normalized spacial score (nSPS) is 13.6. The molecule has 0 rings (SSSR count). The minimum absolute atomic E-state index is 0.0510. The van der Waals surface area contributed by atoms with E-state index in [2.05, 4.69) is 10.1 Å². The highest BCUT2D eigenvalue weighted by atomic mass is 19.3. The fourth-order valence-electron chi connectivity index (χ4n) is 0.760. The second-order valence-electron chi connectivity index (χ2n) is 2.86. The SMILES string of the molecule is CC(CO)NCCCOCC(F)F. The summed E-state index contributed by atoms with van der Waals surface area (Å²) >= 11 is 0. The molecule has 1 atom stereocenters. The average molecular weight is 197 g/mol. The van der Waals surface area contributed by atoms with Crippen molar-refractivity contribution < 1.29 is 18.6 Å². The van der Waals surface area contributed by atoms with Gasteiger partial charge in [0.05, 0.1) is 6.61 Å². The van der Waals surface area contributed by atoms with E-state index in [1.165, 1.54) is 0 Å². The van der Waals surface area contributed by atoms with E-state index in [1.807, 2.05) is 6.92 Å². The van der Waals surface area contributed by atoms with Crippen LogP contribution in [0.4, 0.5) is 8.78 Å².